The lowest BCUT2D eigenvalue weighted by Crippen LogP contribution is -2.59. The zero-order valence-corrected chi connectivity index (χ0v) is 18.0. The smallest absolute Gasteiger partial charge is 0.303 e. The van der Waals surface area contributed by atoms with Gasteiger partial charge in [0.2, 0.25) is 0 Å². The van der Waals surface area contributed by atoms with Crippen molar-refractivity contribution in [3.63, 3.8) is 0 Å². The fourth-order valence-corrected chi connectivity index (χ4v) is 8.05. The summed E-state index contributed by atoms with van der Waals surface area (Å²) < 4.78 is 5.84. The van der Waals surface area contributed by atoms with E-state index in [-0.39, 0.29) is 35.8 Å². The molecule has 0 spiro atoms. The number of Topliss-reactive ketones (excluding diaryl/α,β-unsaturated/α-hetero) is 1. The van der Waals surface area contributed by atoms with Gasteiger partial charge in [-0.1, -0.05) is 33.8 Å². The number of rotatable bonds is 2. The minimum atomic E-state index is -0.961. The standard InChI is InChI=1S/C24H34O4.CH4/c1-14-12-18-19(22(4)9-6-17(27)13-21(14)22)7-10-23(5)20(18)8-11-24(23,15(2)25)28-16(3)26;/h13-14,18-20H,6-12H2,1-5H3;1H4/t14-,18+,19?,20-,22+,23-,24-;/m0./s1. The van der Waals surface area contributed by atoms with Crippen LogP contribution < -0.4 is 0 Å². The van der Waals surface area contributed by atoms with E-state index in [9.17, 15) is 14.4 Å². The molecule has 0 aromatic carbocycles. The fourth-order valence-electron chi connectivity index (χ4n) is 8.05. The molecule has 0 saturated heterocycles. The highest BCUT2D eigenvalue weighted by Gasteiger charge is 2.68. The Labute approximate surface area is 175 Å². The Morgan fingerprint density at radius 3 is 2.34 bits per heavy atom. The van der Waals surface area contributed by atoms with Gasteiger partial charge in [-0.05, 0) is 80.6 Å². The zero-order chi connectivity index (χ0) is 20.5. The molecule has 4 aliphatic rings. The van der Waals surface area contributed by atoms with Gasteiger partial charge in [0.15, 0.2) is 17.2 Å². The Bertz CT molecular complexity index is 767. The van der Waals surface area contributed by atoms with Crippen LogP contribution in [0.1, 0.15) is 87.0 Å². The Morgan fingerprint density at radius 2 is 1.72 bits per heavy atom. The molecular formula is C25H38O4. The van der Waals surface area contributed by atoms with Gasteiger partial charge in [0.05, 0.1) is 0 Å². The van der Waals surface area contributed by atoms with Crippen LogP contribution in [0.25, 0.3) is 0 Å². The average molecular weight is 403 g/mol. The molecule has 0 amide bonds. The number of esters is 1. The molecule has 0 N–H and O–H groups in total. The lowest BCUT2D eigenvalue weighted by Gasteiger charge is -2.60. The first kappa shape index (κ1) is 22.2. The lowest BCUT2D eigenvalue weighted by atomic mass is 9.44. The number of ketones is 2. The van der Waals surface area contributed by atoms with Gasteiger partial charge in [-0.3, -0.25) is 14.4 Å². The normalized spacial score (nSPS) is 45.8. The Morgan fingerprint density at radius 1 is 1.07 bits per heavy atom. The summed E-state index contributed by atoms with van der Waals surface area (Å²) in [5.74, 6) is 1.82. The lowest BCUT2D eigenvalue weighted by molar-refractivity contribution is -0.187. The molecule has 0 aromatic rings. The monoisotopic (exact) mass is 402 g/mol. The van der Waals surface area contributed by atoms with E-state index < -0.39 is 5.60 Å². The van der Waals surface area contributed by atoms with Crippen LogP contribution in [0.15, 0.2) is 11.6 Å². The van der Waals surface area contributed by atoms with E-state index in [0.29, 0.717) is 36.5 Å². The second kappa shape index (κ2) is 7.06. The number of carbonyl (C=O) groups is 3. The third kappa shape index (κ3) is 2.88. The summed E-state index contributed by atoms with van der Waals surface area (Å²) >= 11 is 0. The number of ether oxygens (including phenoxy) is 1. The van der Waals surface area contributed by atoms with Crippen LogP contribution in [0.2, 0.25) is 0 Å². The van der Waals surface area contributed by atoms with Crippen molar-refractivity contribution in [2.45, 2.75) is 92.6 Å². The van der Waals surface area contributed by atoms with Gasteiger partial charge < -0.3 is 4.74 Å². The molecule has 3 saturated carbocycles. The van der Waals surface area contributed by atoms with E-state index in [4.69, 9.17) is 4.74 Å². The average Bonchev–Trinajstić information content (AvgIpc) is 2.90. The third-order valence-corrected chi connectivity index (χ3v) is 9.29. The summed E-state index contributed by atoms with van der Waals surface area (Å²) in [6.45, 7) is 9.87. The van der Waals surface area contributed by atoms with Gasteiger partial charge in [-0.25, -0.2) is 0 Å². The molecule has 4 aliphatic carbocycles. The van der Waals surface area contributed by atoms with Crippen LogP contribution in [0.4, 0.5) is 0 Å². The molecule has 0 radical (unpaired) electrons. The van der Waals surface area contributed by atoms with Crippen molar-refractivity contribution in [1.29, 1.82) is 0 Å². The fraction of sp³-hybridized carbons (Fsp3) is 0.800. The molecular weight excluding hydrogens is 364 g/mol. The van der Waals surface area contributed by atoms with Crippen molar-refractivity contribution < 1.29 is 19.1 Å². The van der Waals surface area contributed by atoms with Crippen LogP contribution in [-0.2, 0) is 19.1 Å². The second-order valence-corrected chi connectivity index (χ2v) is 10.5. The summed E-state index contributed by atoms with van der Waals surface area (Å²) in [6, 6.07) is 0. The summed E-state index contributed by atoms with van der Waals surface area (Å²) in [5, 5.41) is 0. The largest absolute Gasteiger partial charge is 0.451 e. The molecule has 7 atom stereocenters. The maximum atomic E-state index is 12.8. The van der Waals surface area contributed by atoms with Gasteiger partial charge in [-0.2, -0.15) is 0 Å². The van der Waals surface area contributed by atoms with Crippen molar-refractivity contribution in [2.24, 2.45) is 34.5 Å². The van der Waals surface area contributed by atoms with E-state index >= 15 is 0 Å². The van der Waals surface area contributed by atoms with Crippen molar-refractivity contribution in [3.05, 3.63) is 11.6 Å². The Hall–Kier alpha value is -1.45. The Balaban J connectivity index is 0.00000240. The third-order valence-electron chi connectivity index (χ3n) is 9.29. The van der Waals surface area contributed by atoms with Crippen molar-refractivity contribution in [1.82, 2.24) is 0 Å². The highest BCUT2D eigenvalue weighted by atomic mass is 16.6. The topological polar surface area (TPSA) is 60.4 Å². The minimum Gasteiger partial charge on any atom is -0.451 e. The van der Waals surface area contributed by atoms with Crippen LogP contribution in [0.3, 0.4) is 0 Å². The molecule has 4 heteroatoms. The number of fused-ring (bicyclic) bond motifs is 5. The zero-order valence-electron chi connectivity index (χ0n) is 18.0. The van der Waals surface area contributed by atoms with Gasteiger partial charge in [-0.15, -0.1) is 0 Å². The number of carbonyl (C=O) groups excluding carboxylic acids is 3. The first-order valence-corrected chi connectivity index (χ1v) is 11.0. The summed E-state index contributed by atoms with van der Waals surface area (Å²) in [4.78, 5) is 36.8. The van der Waals surface area contributed by atoms with Crippen molar-refractivity contribution in [3.8, 4) is 0 Å². The van der Waals surface area contributed by atoms with Crippen LogP contribution in [0.5, 0.6) is 0 Å². The molecule has 162 valence electrons. The minimum absolute atomic E-state index is 0. The summed E-state index contributed by atoms with van der Waals surface area (Å²) in [5.41, 5.74) is 0.218. The second-order valence-electron chi connectivity index (χ2n) is 10.5. The first-order chi connectivity index (χ1) is 13.0. The molecule has 0 aromatic heterocycles. The molecule has 29 heavy (non-hydrogen) atoms. The molecule has 4 nitrogen and oxygen atoms in total. The highest BCUT2D eigenvalue weighted by molar-refractivity contribution is 5.92. The Kier molecular flexibility index (Phi) is 5.41. The van der Waals surface area contributed by atoms with Gasteiger partial charge in [0.25, 0.3) is 0 Å². The van der Waals surface area contributed by atoms with Crippen LogP contribution in [-0.4, -0.2) is 23.1 Å². The molecule has 4 rings (SSSR count). The SMILES string of the molecule is C.CC(=O)O[C@]1(C(C)=O)CC[C@H]2[C@@H]3C[C@H](C)C4=CC(=O)CC[C@]4(C)C3CC[C@@]21C. The quantitative estimate of drug-likeness (QED) is 0.589. The van der Waals surface area contributed by atoms with E-state index in [0.717, 1.165) is 32.1 Å². The predicted molar refractivity (Wildman–Crippen MR) is 113 cm³/mol. The highest BCUT2D eigenvalue weighted by Crippen LogP contribution is 2.69. The maximum absolute atomic E-state index is 12.8. The van der Waals surface area contributed by atoms with E-state index in [2.05, 4.69) is 20.8 Å². The van der Waals surface area contributed by atoms with E-state index in [1.54, 1.807) is 6.92 Å². The van der Waals surface area contributed by atoms with Crippen molar-refractivity contribution >= 4 is 17.5 Å². The first-order valence-electron chi connectivity index (χ1n) is 11.0. The van der Waals surface area contributed by atoms with E-state index in [1.807, 2.05) is 6.08 Å². The molecule has 0 bridgehead atoms. The summed E-state index contributed by atoms with van der Waals surface area (Å²) in [7, 11) is 0. The number of allylic oxidation sites excluding steroid dienone is 1. The van der Waals surface area contributed by atoms with Gasteiger partial charge >= 0.3 is 5.97 Å². The number of hydrogen-bond donors (Lipinski definition) is 0. The van der Waals surface area contributed by atoms with Gasteiger partial charge in [0, 0.05) is 18.8 Å². The predicted octanol–water partition coefficient (Wildman–Crippen LogP) is 5.29. The molecule has 0 aliphatic heterocycles. The molecule has 3 fully saturated rings. The molecule has 0 heterocycles. The maximum Gasteiger partial charge on any atom is 0.303 e. The summed E-state index contributed by atoms with van der Waals surface area (Å²) in [6.07, 6.45) is 8.19. The van der Waals surface area contributed by atoms with Gasteiger partial charge in [0.1, 0.15) is 0 Å². The number of hydrogen-bond acceptors (Lipinski definition) is 4. The van der Waals surface area contributed by atoms with Crippen LogP contribution >= 0.6 is 0 Å². The van der Waals surface area contributed by atoms with Crippen LogP contribution in [0, 0.1) is 34.5 Å². The van der Waals surface area contributed by atoms with Crippen molar-refractivity contribution in [2.75, 3.05) is 0 Å². The molecule has 1 unspecified atom stereocenters. The van der Waals surface area contributed by atoms with E-state index in [1.165, 1.54) is 12.5 Å².